The molecule has 1 unspecified atom stereocenters. The lowest BCUT2D eigenvalue weighted by molar-refractivity contribution is 0.104. The van der Waals surface area contributed by atoms with Crippen LogP contribution in [0.3, 0.4) is 0 Å². The van der Waals surface area contributed by atoms with E-state index in [0.29, 0.717) is 12.5 Å². The predicted octanol–water partition coefficient (Wildman–Crippen LogP) is 2.73. The van der Waals surface area contributed by atoms with Crippen LogP contribution in [0.25, 0.3) is 0 Å². The van der Waals surface area contributed by atoms with Gasteiger partial charge in [-0.3, -0.25) is 0 Å². The minimum Gasteiger partial charge on any atom is -0.387 e. The number of rotatable bonds is 5. The van der Waals surface area contributed by atoms with Crippen molar-refractivity contribution in [2.45, 2.75) is 25.4 Å². The molecule has 0 amide bonds. The van der Waals surface area contributed by atoms with Gasteiger partial charge in [0.2, 0.25) is 0 Å². The summed E-state index contributed by atoms with van der Waals surface area (Å²) in [5.41, 5.74) is 0.0375. The zero-order chi connectivity index (χ0) is 13.1. The topological polar surface area (TPSA) is 23.5 Å². The molecule has 0 spiro atoms. The third-order valence-corrected chi connectivity index (χ3v) is 3.60. The lowest BCUT2D eigenvalue weighted by atomic mass is 9.85. The van der Waals surface area contributed by atoms with Crippen molar-refractivity contribution in [3.8, 4) is 0 Å². The largest absolute Gasteiger partial charge is 0.387 e. The molecule has 1 N–H and O–H groups in total. The van der Waals surface area contributed by atoms with Crippen LogP contribution in [-0.4, -0.2) is 30.1 Å². The van der Waals surface area contributed by atoms with E-state index in [2.05, 4.69) is 0 Å². The van der Waals surface area contributed by atoms with Gasteiger partial charge in [-0.05, 0) is 44.0 Å². The van der Waals surface area contributed by atoms with Crippen molar-refractivity contribution in [3.63, 3.8) is 0 Å². The maximum absolute atomic E-state index is 13.5. The molecule has 4 heteroatoms. The number of hydrogen-bond donors (Lipinski definition) is 1. The molecule has 1 aromatic carbocycles. The number of aliphatic hydroxyl groups is 1. The van der Waals surface area contributed by atoms with E-state index < -0.39 is 17.7 Å². The van der Waals surface area contributed by atoms with Crippen LogP contribution >= 0.6 is 0 Å². The van der Waals surface area contributed by atoms with Crippen LogP contribution < -0.4 is 0 Å². The Labute approximate surface area is 106 Å². The molecule has 0 heterocycles. The summed E-state index contributed by atoms with van der Waals surface area (Å²) in [6, 6.07) is 3.18. The van der Waals surface area contributed by atoms with Crippen LogP contribution in [0, 0.1) is 17.6 Å². The number of aliphatic hydroxyl groups excluding tert-OH is 1. The molecular formula is C14H19F2NO. The lowest BCUT2D eigenvalue weighted by Crippen LogP contribution is -2.32. The smallest absolute Gasteiger partial charge is 0.129 e. The third kappa shape index (κ3) is 3.27. The van der Waals surface area contributed by atoms with Crippen molar-refractivity contribution in [1.29, 1.82) is 0 Å². The molecule has 2 rings (SSSR count). The zero-order valence-electron chi connectivity index (χ0n) is 10.6. The maximum atomic E-state index is 13.5. The van der Waals surface area contributed by atoms with Gasteiger partial charge in [-0.25, -0.2) is 8.78 Å². The summed E-state index contributed by atoms with van der Waals surface area (Å²) in [5.74, 6) is -0.382. The van der Waals surface area contributed by atoms with Crippen LogP contribution in [0.4, 0.5) is 8.78 Å². The molecule has 1 aliphatic carbocycles. The van der Waals surface area contributed by atoms with Gasteiger partial charge in [0.1, 0.15) is 11.6 Å². The molecule has 1 fully saturated rings. The van der Waals surface area contributed by atoms with Gasteiger partial charge in [-0.2, -0.15) is 0 Å². The van der Waals surface area contributed by atoms with E-state index in [1.165, 1.54) is 19.3 Å². The van der Waals surface area contributed by atoms with Crippen molar-refractivity contribution < 1.29 is 13.9 Å². The first-order valence-electron chi connectivity index (χ1n) is 6.38. The Hall–Kier alpha value is -1.00. The van der Waals surface area contributed by atoms with Crippen LogP contribution in [0.1, 0.15) is 30.9 Å². The first-order valence-corrected chi connectivity index (χ1v) is 6.38. The van der Waals surface area contributed by atoms with E-state index in [4.69, 9.17) is 0 Å². The monoisotopic (exact) mass is 255 g/mol. The van der Waals surface area contributed by atoms with Crippen molar-refractivity contribution in [2.75, 3.05) is 20.1 Å². The first-order chi connectivity index (χ1) is 8.56. The molecule has 18 heavy (non-hydrogen) atoms. The molecule has 0 aliphatic heterocycles. The molecule has 0 bridgehead atoms. The average Bonchev–Trinajstić information content (AvgIpc) is 2.27. The summed E-state index contributed by atoms with van der Waals surface area (Å²) < 4.78 is 26.5. The van der Waals surface area contributed by atoms with Gasteiger partial charge in [0.25, 0.3) is 0 Å². The third-order valence-electron chi connectivity index (χ3n) is 3.60. The van der Waals surface area contributed by atoms with Crippen molar-refractivity contribution in [1.82, 2.24) is 4.90 Å². The number of likely N-dealkylation sites (N-methyl/N-ethyl adjacent to an activating group) is 1. The van der Waals surface area contributed by atoms with Gasteiger partial charge in [0, 0.05) is 18.7 Å². The lowest BCUT2D eigenvalue weighted by Gasteiger charge is -2.31. The molecule has 1 aromatic rings. The van der Waals surface area contributed by atoms with E-state index in [-0.39, 0.29) is 5.56 Å². The highest BCUT2D eigenvalue weighted by atomic mass is 19.1. The van der Waals surface area contributed by atoms with Crippen molar-refractivity contribution >= 4 is 0 Å². The van der Waals surface area contributed by atoms with E-state index in [1.54, 1.807) is 0 Å². The van der Waals surface area contributed by atoms with Gasteiger partial charge in [0.05, 0.1) is 6.10 Å². The van der Waals surface area contributed by atoms with Crippen LogP contribution in [0.5, 0.6) is 0 Å². The summed E-state index contributed by atoms with van der Waals surface area (Å²) in [5, 5.41) is 9.95. The van der Waals surface area contributed by atoms with Gasteiger partial charge < -0.3 is 10.0 Å². The summed E-state index contributed by atoms with van der Waals surface area (Å²) in [6.45, 7) is 1.24. The SMILES string of the molecule is CN(CC1CCC1)CC(O)c1cc(F)ccc1F. The Balaban J connectivity index is 1.93. The van der Waals surface area contributed by atoms with Gasteiger partial charge in [-0.1, -0.05) is 6.42 Å². The second kappa shape index (κ2) is 5.76. The molecule has 0 aromatic heterocycles. The van der Waals surface area contributed by atoms with Crippen LogP contribution in [0.15, 0.2) is 18.2 Å². The minimum atomic E-state index is -0.981. The first kappa shape index (κ1) is 13.4. The number of nitrogens with zero attached hydrogens (tertiary/aromatic N) is 1. The van der Waals surface area contributed by atoms with Gasteiger partial charge in [-0.15, -0.1) is 0 Å². The minimum absolute atomic E-state index is 0.0375. The van der Waals surface area contributed by atoms with Crippen LogP contribution in [0.2, 0.25) is 0 Å². The molecule has 1 aliphatic rings. The Morgan fingerprint density at radius 3 is 2.72 bits per heavy atom. The zero-order valence-corrected chi connectivity index (χ0v) is 10.6. The van der Waals surface area contributed by atoms with E-state index in [1.807, 2.05) is 11.9 Å². The van der Waals surface area contributed by atoms with E-state index in [9.17, 15) is 13.9 Å². The van der Waals surface area contributed by atoms with E-state index >= 15 is 0 Å². The maximum Gasteiger partial charge on any atom is 0.129 e. The predicted molar refractivity (Wildman–Crippen MR) is 66.2 cm³/mol. The highest BCUT2D eigenvalue weighted by Crippen LogP contribution is 2.27. The van der Waals surface area contributed by atoms with Crippen molar-refractivity contribution in [3.05, 3.63) is 35.4 Å². The number of benzene rings is 1. The number of halogens is 2. The Morgan fingerprint density at radius 2 is 2.11 bits per heavy atom. The Bertz CT molecular complexity index is 407. The second-order valence-corrected chi connectivity index (χ2v) is 5.20. The Morgan fingerprint density at radius 1 is 1.39 bits per heavy atom. The molecule has 100 valence electrons. The molecule has 2 nitrogen and oxygen atoms in total. The average molecular weight is 255 g/mol. The molecule has 1 saturated carbocycles. The van der Waals surface area contributed by atoms with Gasteiger partial charge >= 0.3 is 0 Å². The highest BCUT2D eigenvalue weighted by Gasteiger charge is 2.21. The normalized spacial score (nSPS) is 17.8. The molecule has 0 saturated heterocycles. The van der Waals surface area contributed by atoms with E-state index in [0.717, 1.165) is 24.7 Å². The summed E-state index contributed by atoms with van der Waals surface area (Å²) >= 11 is 0. The van der Waals surface area contributed by atoms with Crippen LogP contribution in [-0.2, 0) is 0 Å². The fourth-order valence-corrected chi connectivity index (χ4v) is 2.35. The van der Waals surface area contributed by atoms with Gasteiger partial charge in [0.15, 0.2) is 0 Å². The summed E-state index contributed by atoms with van der Waals surface area (Å²) in [6.07, 6.45) is 2.76. The molecular weight excluding hydrogens is 236 g/mol. The molecule has 0 radical (unpaired) electrons. The Kier molecular flexibility index (Phi) is 4.30. The standard InChI is InChI=1S/C14H19F2NO/c1-17(8-10-3-2-4-10)9-14(18)12-7-11(15)5-6-13(12)16/h5-7,10,14,18H,2-4,8-9H2,1H3. The van der Waals surface area contributed by atoms with Crippen molar-refractivity contribution in [2.24, 2.45) is 5.92 Å². The highest BCUT2D eigenvalue weighted by molar-refractivity contribution is 5.21. The quantitative estimate of drug-likeness (QED) is 0.874. The fourth-order valence-electron chi connectivity index (χ4n) is 2.35. The number of hydrogen-bond acceptors (Lipinski definition) is 2. The summed E-state index contributed by atoms with van der Waals surface area (Å²) in [4.78, 5) is 1.98. The summed E-state index contributed by atoms with van der Waals surface area (Å²) in [7, 11) is 1.90. The fraction of sp³-hybridized carbons (Fsp3) is 0.571. The molecule has 1 atom stereocenters. The second-order valence-electron chi connectivity index (χ2n) is 5.20.